The molecule has 4 rings (SSSR count). The summed E-state index contributed by atoms with van der Waals surface area (Å²) in [6, 6.07) is -1.16. The molecule has 2 amide bonds. The fourth-order valence-corrected chi connectivity index (χ4v) is 3.64. The van der Waals surface area contributed by atoms with E-state index < -0.39 is 18.1 Å². The summed E-state index contributed by atoms with van der Waals surface area (Å²) < 4.78 is 0. The van der Waals surface area contributed by atoms with E-state index in [1.54, 1.807) is 0 Å². The maximum atomic E-state index is 12.3. The Morgan fingerprint density at radius 3 is 2.40 bits per heavy atom. The summed E-state index contributed by atoms with van der Waals surface area (Å²) in [7, 11) is 0. The normalized spacial score (nSPS) is 39.9. The van der Waals surface area contributed by atoms with E-state index in [4.69, 9.17) is 5.11 Å². The highest BCUT2D eigenvalue weighted by atomic mass is 16.4. The van der Waals surface area contributed by atoms with Crippen LogP contribution in [-0.4, -0.2) is 76.4 Å². The lowest BCUT2D eigenvalue weighted by molar-refractivity contribution is -0.141. The van der Waals surface area contributed by atoms with Crippen molar-refractivity contribution in [2.24, 2.45) is 5.92 Å². The minimum Gasteiger partial charge on any atom is -0.480 e. The molecule has 0 saturated carbocycles. The van der Waals surface area contributed by atoms with Crippen LogP contribution >= 0.6 is 0 Å². The minimum atomic E-state index is -1.05. The largest absolute Gasteiger partial charge is 0.480 e. The molecule has 0 aromatic heterocycles. The van der Waals surface area contributed by atoms with Gasteiger partial charge in [-0.2, -0.15) is 0 Å². The summed E-state index contributed by atoms with van der Waals surface area (Å²) >= 11 is 0. The molecule has 0 spiro atoms. The van der Waals surface area contributed by atoms with E-state index in [0.717, 1.165) is 32.5 Å². The molecule has 112 valence electrons. The molecule has 3 N–H and O–H groups in total. The lowest BCUT2D eigenvalue weighted by Crippen LogP contribution is -2.59. The highest BCUT2D eigenvalue weighted by Gasteiger charge is 2.41. The number of nitrogens with one attached hydrogen (secondary N) is 1. The van der Waals surface area contributed by atoms with Crippen LogP contribution in [-0.2, 0) is 4.79 Å². The van der Waals surface area contributed by atoms with Crippen LogP contribution in [0.5, 0.6) is 0 Å². The summed E-state index contributed by atoms with van der Waals surface area (Å²) in [5.74, 6) is -0.551. The zero-order chi connectivity index (χ0) is 14.3. The van der Waals surface area contributed by atoms with Crippen molar-refractivity contribution in [3.05, 3.63) is 0 Å². The van der Waals surface area contributed by atoms with Gasteiger partial charge in [0, 0.05) is 25.6 Å². The molecule has 0 aromatic carbocycles. The second-order valence-corrected chi connectivity index (χ2v) is 6.09. The van der Waals surface area contributed by atoms with Gasteiger partial charge in [-0.25, -0.2) is 9.59 Å². The molecule has 4 aliphatic rings. The fourth-order valence-electron chi connectivity index (χ4n) is 3.64. The van der Waals surface area contributed by atoms with Crippen molar-refractivity contribution >= 4 is 12.0 Å². The zero-order valence-corrected chi connectivity index (χ0v) is 11.4. The summed E-state index contributed by atoms with van der Waals surface area (Å²) in [4.78, 5) is 27.0. The average molecular weight is 283 g/mol. The van der Waals surface area contributed by atoms with Crippen molar-refractivity contribution < 1.29 is 19.8 Å². The maximum Gasteiger partial charge on any atom is 0.326 e. The van der Waals surface area contributed by atoms with Crippen LogP contribution in [0, 0.1) is 5.92 Å². The van der Waals surface area contributed by atoms with Gasteiger partial charge in [0.15, 0.2) is 0 Å². The number of aliphatic hydroxyl groups is 1. The predicted molar refractivity (Wildman–Crippen MR) is 70.2 cm³/mol. The maximum absolute atomic E-state index is 12.3. The van der Waals surface area contributed by atoms with Crippen molar-refractivity contribution in [3.8, 4) is 0 Å². The van der Waals surface area contributed by atoms with E-state index in [1.165, 1.54) is 4.90 Å². The van der Waals surface area contributed by atoms with Crippen LogP contribution in [0.1, 0.15) is 19.3 Å². The number of amides is 2. The fraction of sp³-hybridized carbons (Fsp3) is 0.846. The summed E-state index contributed by atoms with van der Waals surface area (Å²) in [5, 5.41) is 21.7. The number of carbonyl (C=O) groups is 2. The molecule has 7 nitrogen and oxygen atoms in total. The molecule has 7 heteroatoms. The van der Waals surface area contributed by atoms with Crippen LogP contribution in [0.2, 0.25) is 0 Å². The molecule has 4 fully saturated rings. The summed E-state index contributed by atoms with van der Waals surface area (Å²) in [6.45, 7) is 3.14. The highest BCUT2D eigenvalue weighted by molar-refractivity contribution is 5.83. The second-order valence-electron chi connectivity index (χ2n) is 6.09. The van der Waals surface area contributed by atoms with Gasteiger partial charge >= 0.3 is 12.0 Å². The number of aliphatic carboxylic acids is 1. The summed E-state index contributed by atoms with van der Waals surface area (Å²) in [6.07, 6.45) is 1.56. The molecule has 20 heavy (non-hydrogen) atoms. The second kappa shape index (κ2) is 5.21. The first-order valence-electron chi connectivity index (χ1n) is 7.25. The molecule has 1 unspecified atom stereocenters. The van der Waals surface area contributed by atoms with Crippen LogP contribution in [0.4, 0.5) is 4.79 Å². The Kier molecular flexibility index (Phi) is 3.55. The number of urea groups is 1. The van der Waals surface area contributed by atoms with Gasteiger partial charge < -0.3 is 25.3 Å². The molecule has 4 aliphatic heterocycles. The van der Waals surface area contributed by atoms with E-state index in [9.17, 15) is 14.7 Å². The van der Waals surface area contributed by atoms with Gasteiger partial charge in [-0.3, -0.25) is 0 Å². The number of hydrogen-bond acceptors (Lipinski definition) is 4. The van der Waals surface area contributed by atoms with Crippen molar-refractivity contribution in [1.82, 2.24) is 15.1 Å². The molecular formula is C13H21N3O4. The van der Waals surface area contributed by atoms with Gasteiger partial charge in [-0.1, -0.05) is 0 Å². The standard InChI is InChI=1S/C13H21N3O4/c17-9-5-11(12(18)19)16(6-9)13(20)14-10-7-15-3-1-8(10)2-4-15/h8-11,17H,1-7H2,(H,14,20)(H,18,19)/t9-,10?,11-/m1/s1. The van der Waals surface area contributed by atoms with Gasteiger partial charge in [-0.15, -0.1) is 0 Å². The van der Waals surface area contributed by atoms with Crippen molar-refractivity contribution in [2.75, 3.05) is 26.2 Å². The molecular weight excluding hydrogens is 262 g/mol. The van der Waals surface area contributed by atoms with E-state index in [2.05, 4.69) is 10.2 Å². The molecule has 2 bridgehead atoms. The SMILES string of the molecule is O=C(O)[C@H]1C[C@@H](O)CN1C(=O)NC1CN2CCC1CC2. The number of carboxylic acid groups (broad SMARTS) is 1. The lowest BCUT2D eigenvalue weighted by Gasteiger charge is -2.45. The molecule has 4 heterocycles. The zero-order valence-electron chi connectivity index (χ0n) is 11.4. The van der Waals surface area contributed by atoms with Crippen LogP contribution in [0.25, 0.3) is 0 Å². The third-order valence-electron chi connectivity index (χ3n) is 4.79. The van der Waals surface area contributed by atoms with Gasteiger partial charge in [0.05, 0.1) is 6.10 Å². The van der Waals surface area contributed by atoms with E-state index in [1.807, 2.05) is 0 Å². The third-order valence-corrected chi connectivity index (χ3v) is 4.79. The van der Waals surface area contributed by atoms with Crippen molar-refractivity contribution in [2.45, 2.75) is 37.5 Å². The monoisotopic (exact) mass is 283 g/mol. The smallest absolute Gasteiger partial charge is 0.326 e. The van der Waals surface area contributed by atoms with Gasteiger partial charge in [0.25, 0.3) is 0 Å². The number of likely N-dealkylation sites (tertiary alicyclic amines) is 1. The number of piperidine rings is 3. The first-order chi connectivity index (χ1) is 9.54. The number of rotatable bonds is 2. The molecule has 0 radical (unpaired) electrons. The minimum absolute atomic E-state index is 0.101. The first kappa shape index (κ1) is 13.6. The number of β-amino-alcohol motifs (C(OH)–C–C–N with tert-alkyl or cyclic N) is 1. The lowest BCUT2D eigenvalue weighted by atomic mass is 9.84. The number of carbonyl (C=O) groups excluding carboxylic acids is 1. The average Bonchev–Trinajstić information content (AvgIpc) is 2.82. The molecule has 0 aliphatic carbocycles. The number of fused-ring (bicyclic) bond motifs is 3. The third kappa shape index (κ3) is 2.47. The Balaban J connectivity index is 1.62. The predicted octanol–water partition coefficient (Wildman–Crippen LogP) is -0.690. The molecule has 0 aromatic rings. The van der Waals surface area contributed by atoms with E-state index in [-0.39, 0.29) is 25.0 Å². The Morgan fingerprint density at radius 1 is 1.15 bits per heavy atom. The van der Waals surface area contributed by atoms with E-state index >= 15 is 0 Å². The molecule has 4 saturated heterocycles. The molecule has 3 atom stereocenters. The van der Waals surface area contributed by atoms with Crippen molar-refractivity contribution in [1.29, 1.82) is 0 Å². The van der Waals surface area contributed by atoms with Crippen LogP contribution < -0.4 is 5.32 Å². The van der Waals surface area contributed by atoms with E-state index in [0.29, 0.717) is 5.92 Å². The Bertz CT molecular complexity index is 408. The Morgan fingerprint density at radius 2 is 1.85 bits per heavy atom. The first-order valence-corrected chi connectivity index (χ1v) is 7.25. The van der Waals surface area contributed by atoms with Crippen LogP contribution in [0.15, 0.2) is 0 Å². The van der Waals surface area contributed by atoms with Gasteiger partial charge in [-0.05, 0) is 31.8 Å². The number of aliphatic hydroxyl groups excluding tert-OH is 1. The van der Waals surface area contributed by atoms with Gasteiger partial charge in [0.2, 0.25) is 0 Å². The van der Waals surface area contributed by atoms with Gasteiger partial charge in [0.1, 0.15) is 6.04 Å². The topological polar surface area (TPSA) is 93.1 Å². The number of nitrogens with zero attached hydrogens (tertiary/aromatic N) is 2. The Hall–Kier alpha value is -1.34. The quantitative estimate of drug-likeness (QED) is 0.624. The summed E-state index contributed by atoms with van der Waals surface area (Å²) in [5.41, 5.74) is 0. The Labute approximate surface area is 117 Å². The number of hydrogen-bond donors (Lipinski definition) is 3. The number of carboxylic acids is 1. The van der Waals surface area contributed by atoms with Crippen molar-refractivity contribution in [3.63, 3.8) is 0 Å². The van der Waals surface area contributed by atoms with Crippen LogP contribution in [0.3, 0.4) is 0 Å². The highest BCUT2D eigenvalue weighted by Crippen LogP contribution is 2.28.